The van der Waals surface area contributed by atoms with Gasteiger partial charge in [-0.25, -0.2) is 4.39 Å². The fraction of sp³-hybridized carbons (Fsp3) is 0.294. The Morgan fingerprint density at radius 2 is 1.81 bits per heavy atom. The van der Waals surface area contributed by atoms with E-state index in [-0.39, 0.29) is 11.6 Å². The topological polar surface area (TPSA) is 43.1 Å². The first-order valence-corrected chi connectivity index (χ1v) is 8.29. The Labute approximate surface area is 127 Å². The van der Waals surface area contributed by atoms with Crippen LogP contribution in [0.25, 0.3) is 0 Å². The highest BCUT2D eigenvalue weighted by Crippen LogP contribution is 2.20. The number of rotatable bonds is 5. The molecular weight excluding hydrogens is 285 g/mol. The number of hydrogen-bond acceptors (Lipinski definition) is 2. The summed E-state index contributed by atoms with van der Waals surface area (Å²) in [6.07, 6.45) is 0. The first kappa shape index (κ1) is 15.9. The summed E-state index contributed by atoms with van der Waals surface area (Å²) in [5.41, 5.74) is 8.05. The molecule has 1 atom stereocenters. The summed E-state index contributed by atoms with van der Waals surface area (Å²) in [7, 11) is -1.26. The fourth-order valence-corrected chi connectivity index (χ4v) is 3.20. The summed E-state index contributed by atoms with van der Waals surface area (Å²) >= 11 is 0. The molecule has 0 bridgehead atoms. The average molecular weight is 305 g/mol. The van der Waals surface area contributed by atoms with Crippen molar-refractivity contribution in [1.82, 2.24) is 0 Å². The van der Waals surface area contributed by atoms with Crippen LogP contribution in [0.2, 0.25) is 0 Å². The van der Waals surface area contributed by atoms with Gasteiger partial charge in [-0.3, -0.25) is 4.21 Å². The molecule has 0 fully saturated rings. The molecule has 0 amide bonds. The Morgan fingerprint density at radius 1 is 1.14 bits per heavy atom. The molecule has 0 aliphatic heterocycles. The van der Waals surface area contributed by atoms with Crippen LogP contribution >= 0.6 is 0 Å². The minimum Gasteiger partial charge on any atom is -0.326 e. The Hall–Kier alpha value is -1.52. The van der Waals surface area contributed by atoms with Crippen molar-refractivity contribution in [3.05, 3.63) is 65.0 Å². The highest BCUT2D eigenvalue weighted by atomic mass is 32.2. The molecule has 0 heterocycles. The van der Waals surface area contributed by atoms with Gasteiger partial charge >= 0.3 is 0 Å². The summed E-state index contributed by atoms with van der Waals surface area (Å²) in [6.45, 7) is 4.57. The second-order valence-electron chi connectivity index (χ2n) is 5.34. The Kier molecular flexibility index (Phi) is 5.26. The lowest BCUT2D eigenvalue weighted by molar-refractivity contribution is 0.614. The molecule has 1 unspecified atom stereocenters. The van der Waals surface area contributed by atoms with Crippen LogP contribution < -0.4 is 5.73 Å². The van der Waals surface area contributed by atoms with Crippen LogP contribution in [0.5, 0.6) is 0 Å². The van der Waals surface area contributed by atoms with Crippen molar-refractivity contribution in [2.24, 2.45) is 5.73 Å². The van der Waals surface area contributed by atoms with Crippen LogP contribution in [-0.2, 0) is 23.1 Å². The van der Waals surface area contributed by atoms with Crippen molar-refractivity contribution < 1.29 is 8.60 Å². The summed E-state index contributed by atoms with van der Waals surface area (Å²) < 4.78 is 26.1. The Balaban J connectivity index is 2.17. The second kappa shape index (κ2) is 6.96. The van der Waals surface area contributed by atoms with Crippen LogP contribution in [0.15, 0.2) is 47.4 Å². The van der Waals surface area contributed by atoms with Gasteiger partial charge in [0.1, 0.15) is 5.82 Å². The van der Waals surface area contributed by atoms with Gasteiger partial charge < -0.3 is 5.73 Å². The number of nitrogens with two attached hydrogens (primary N) is 1. The van der Waals surface area contributed by atoms with Gasteiger partial charge in [-0.05, 0) is 35.2 Å². The first-order valence-electron chi connectivity index (χ1n) is 6.97. The highest BCUT2D eigenvalue weighted by molar-refractivity contribution is 7.84. The number of benzene rings is 2. The minimum absolute atomic E-state index is 0.167. The van der Waals surface area contributed by atoms with Crippen LogP contribution in [-0.4, -0.2) is 4.21 Å². The monoisotopic (exact) mass is 305 g/mol. The van der Waals surface area contributed by atoms with Crippen molar-refractivity contribution in [2.45, 2.75) is 37.0 Å². The second-order valence-corrected chi connectivity index (χ2v) is 6.79. The molecule has 0 saturated heterocycles. The predicted molar refractivity (Wildman–Crippen MR) is 84.9 cm³/mol. The quantitative estimate of drug-likeness (QED) is 0.915. The van der Waals surface area contributed by atoms with E-state index in [1.165, 1.54) is 11.6 Å². The SMILES string of the molecule is CC(C)c1ccc(S(=O)Cc2cc(CN)ccc2F)cc1. The van der Waals surface area contributed by atoms with Crippen LogP contribution in [0, 0.1) is 5.82 Å². The van der Waals surface area contributed by atoms with Crippen LogP contribution in [0.3, 0.4) is 0 Å². The summed E-state index contributed by atoms with van der Waals surface area (Å²) in [6, 6.07) is 12.4. The average Bonchev–Trinajstić information content (AvgIpc) is 2.49. The van der Waals surface area contributed by atoms with E-state index in [1.807, 2.05) is 24.3 Å². The molecule has 2 rings (SSSR count). The zero-order valence-corrected chi connectivity index (χ0v) is 13.1. The fourth-order valence-electron chi connectivity index (χ4n) is 2.09. The third kappa shape index (κ3) is 3.99. The van der Waals surface area contributed by atoms with E-state index in [2.05, 4.69) is 13.8 Å². The summed E-state index contributed by atoms with van der Waals surface area (Å²) in [4.78, 5) is 0.719. The van der Waals surface area contributed by atoms with Gasteiger partial charge in [0.2, 0.25) is 0 Å². The zero-order valence-electron chi connectivity index (χ0n) is 12.3. The maximum Gasteiger partial charge on any atom is 0.127 e. The van der Waals surface area contributed by atoms with Gasteiger partial charge in [0.05, 0.1) is 16.6 Å². The lowest BCUT2D eigenvalue weighted by Crippen LogP contribution is -2.03. The van der Waals surface area contributed by atoms with E-state index >= 15 is 0 Å². The first-order chi connectivity index (χ1) is 10.0. The van der Waals surface area contributed by atoms with Gasteiger partial charge in [-0.1, -0.05) is 38.1 Å². The molecule has 0 saturated carbocycles. The van der Waals surface area contributed by atoms with Crippen molar-refractivity contribution in [3.8, 4) is 0 Å². The van der Waals surface area contributed by atoms with Gasteiger partial charge in [-0.2, -0.15) is 0 Å². The molecule has 0 aromatic heterocycles. The summed E-state index contributed by atoms with van der Waals surface area (Å²) in [5, 5.41) is 0. The van der Waals surface area contributed by atoms with Crippen molar-refractivity contribution in [2.75, 3.05) is 0 Å². The molecule has 0 spiro atoms. The minimum atomic E-state index is -1.26. The molecule has 2 nitrogen and oxygen atoms in total. The molecule has 21 heavy (non-hydrogen) atoms. The van der Waals surface area contributed by atoms with Crippen LogP contribution in [0.1, 0.15) is 36.5 Å². The van der Waals surface area contributed by atoms with Crippen molar-refractivity contribution >= 4 is 10.8 Å². The van der Waals surface area contributed by atoms with Gasteiger partial charge in [-0.15, -0.1) is 0 Å². The van der Waals surface area contributed by atoms with E-state index in [0.717, 1.165) is 10.5 Å². The van der Waals surface area contributed by atoms with E-state index in [1.54, 1.807) is 12.1 Å². The van der Waals surface area contributed by atoms with E-state index in [9.17, 15) is 8.60 Å². The lowest BCUT2D eigenvalue weighted by atomic mass is 10.0. The number of hydrogen-bond donors (Lipinski definition) is 1. The van der Waals surface area contributed by atoms with Crippen molar-refractivity contribution in [3.63, 3.8) is 0 Å². The summed E-state index contributed by atoms with van der Waals surface area (Å²) in [5.74, 6) is 0.270. The van der Waals surface area contributed by atoms with Gasteiger partial charge in [0, 0.05) is 17.0 Å². The maximum absolute atomic E-state index is 13.8. The third-order valence-corrected chi connectivity index (χ3v) is 4.81. The molecule has 112 valence electrons. The molecule has 0 aliphatic rings. The van der Waals surface area contributed by atoms with Crippen LogP contribution in [0.4, 0.5) is 4.39 Å². The molecule has 0 aliphatic carbocycles. The van der Waals surface area contributed by atoms with E-state index in [0.29, 0.717) is 18.0 Å². The molecule has 0 radical (unpaired) electrons. The Bertz CT molecular complexity index is 638. The van der Waals surface area contributed by atoms with Gasteiger partial charge in [0.25, 0.3) is 0 Å². The zero-order chi connectivity index (χ0) is 15.4. The molecule has 2 N–H and O–H groups in total. The molecule has 4 heteroatoms. The normalized spacial score (nSPS) is 12.6. The Morgan fingerprint density at radius 3 is 2.38 bits per heavy atom. The number of halogens is 1. The highest BCUT2D eigenvalue weighted by Gasteiger charge is 2.10. The smallest absolute Gasteiger partial charge is 0.127 e. The maximum atomic E-state index is 13.8. The standard InChI is InChI=1S/C17H20FNOS/c1-12(2)14-4-6-16(7-5-14)21(20)11-15-9-13(10-19)3-8-17(15)18/h3-9,12H,10-11,19H2,1-2H3. The largest absolute Gasteiger partial charge is 0.326 e. The van der Waals surface area contributed by atoms with E-state index < -0.39 is 10.8 Å². The van der Waals surface area contributed by atoms with Crippen molar-refractivity contribution in [1.29, 1.82) is 0 Å². The van der Waals surface area contributed by atoms with E-state index in [4.69, 9.17) is 5.73 Å². The third-order valence-electron chi connectivity index (χ3n) is 3.44. The van der Waals surface area contributed by atoms with Gasteiger partial charge in [0.15, 0.2) is 0 Å². The lowest BCUT2D eigenvalue weighted by Gasteiger charge is -2.08. The molecular formula is C17H20FNOS. The molecule has 2 aromatic rings. The predicted octanol–water partition coefficient (Wildman–Crippen LogP) is 3.72. The molecule has 2 aromatic carbocycles.